The van der Waals surface area contributed by atoms with Crippen molar-refractivity contribution >= 4 is 22.5 Å². The van der Waals surface area contributed by atoms with Crippen molar-refractivity contribution in [2.45, 2.75) is 13.8 Å². The van der Waals surface area contributed by atoms with E-state index in [1.165, 1.54) is 0 Å². The SMILES string of the molecule is COc1ccc(-c2cc(C)c3ccc(NC(=O)CN(C)C)c(C)c3n2)cn1. The van der Waals surface area contributed by atoms with Gasteiger partial charge in [0, 0.05) is 28.9 Å². The summed E-state index contributed by atoms with van der Waals surface area (Å²) in [5.74, 6) is 0.521. The van der Waals surface area contributed by atoms with Crippen LogP contribution in [0.25, 0.3) is 22.2 Å². The van der Waals surface area contributed by atoms with Crippen LogP contribution in [0.3, 0.4) is 0 Å². The second-order valence-electron chi connectivity index (χ2n) is 6.83. The topological polar surface area (TPSA) is 67.3 Å². The number of nitrogens with zero attached hydrogens (tertiary/aromatic N) is 3. The van der Waals surface area contributed by atoms with Crippen LogP contribution in [0.2, 0.25) is 0 Å². The maximum atomic E-state index is 12.1. The Morgan fingerprint density at radius 3 is 2.59 bits per heavy atom. The number of nitrogens with one attached hydrogen (secondary N) is 1. The maximum absolute atomic E-state index is 12.1. The van der Waals surface area contributed by atoms with E-state index in [1.54, 1.807) is 13.3 Å². The highest BCUT2D eigenvalue weighted by atomic mass is 16.5. The lowest BCUT2D eigenvalue weighted by Crippen LogP contribution is -2.27. The molecule has 0 saturated heterocycles. The highest BCUT2D eigenvalue weighted by molar-refractivity contribution is 5.97. The lowest BCUT2D eigenvalue weighted by Gasteiger charge is -2.15. The molecule has 3 aromatic rings. The number of anilines is 1. The van der Waals surface area contributed by atoms with Crippen molar-refractivity contribution < 1.29 is 9.53 Å². The van der Waals surface area contributed by atoms with E-state index < -0.39 is 0 Å². The number of amides is 1. The zero-order valence-electron chi connectivity index (χ0n) is 16.3. The Bertz CT molecular complexity index is 982. The van der Waals surface area contributed by atoms with Crippen molar-refractivity contribution in [3.63, 3.8) is 0 Å². The zero-order valence-corrected chi connectivity index (χ0v) is 16.3. The second-order valence-corrected chi connectivity index (χ2v) is 6.83. The Kier molecular flexibility index (Phi) is 5.37. The van der Waals surface area contributed by atoms with Gasteiger partial charge in [-0.1, -0.05) is 6.07 Å². The Morgan fingerprint density at radius 2 is 1.96 bits per heavy atom. The normalized spacial score (nSPS) is 11.0. The number of aromatic nitrogens is 2. The van der Waals surface area contributed by atoms with Crippen LogP contribution in [0.5, 0.6) is 5.88 Å². The number of hydrogen-bond donors (Lipinski definition) is 1. The molecule has 0 spiro atoms. The van der Waals surface area contributed by atoms with E-state index in [0.29, 0.717) is 12.4 Å². The van der Waals surface area contributed by atoms with E-state index in [1.807, 2.05) is 50.2 Å². The summed E-state index contributed by atoms with van der Waals surface area (Å²) in [6.07, 6.45) is 1.75. The summed E-state index contributed by atoms with van der Waals surface area (Å²) >= 11 is 0. The molecule has 0 aliphatic carbocycles. The highest BCUT2D eigenvalue weighted by Crippen LogP contribution is 2.30. The third-order valence-electron chi connectivity index (χ3n) is 4.42. The van der Waals surface area contributed by atoms with Gasteiger partial charge < -0.3 is 15.0 Å². The van der Waals surface area contributed by atoms with Crippen LogP contribution in [0.1, 0.15) is 11.1 Å². The van der Waals surface area contributed by atoms with E-state index >= 15 is 0 Å². The number of pyridine rings is 2. The predicted octanol–water partition coefficient (Wildman–Crippen LogP) is 3.42. The van der Waals surface area contributed by atoms with Gasteiger partial charge in [-0.15, -0.1) is 0 Å². The Balaban J connectivity index is 2.03. The number of benzene rings is 1. The number of likely N-dealkylation sites (N-methyl/N-ethyl adjacent to an activating group) is 1. The standard InChI is InChI=1S/C21H24N4O2/c1-13-10-18(15-6-9-20(27-5)22-11-15)24-21-14(2)17(8-7-16(13)21)23-19(26)12-25(3)4/h6-11H,12H2,1-5H3,(H,23,26). The molecule has 0 bridgehead atoms. The lowest BCUT2D eigenvalue weighted by molar-refractivity contribution is -0.116. The Morgan fingerprint density at radius 1 is 1.19 bits per heavy atom. The molecular formula is C21H24N4O2. The van der Waals surface area contributed by atoms with Gasteiger partial charge in [-0.05, 0) is 57.3 Å². The van der Waals surface area contributed by atoms with E-state index in [-0.39, 0.29) is 5.91 Å². The van der Waals surface area contributed by atoms with Crippen LogP contribution in [0.4, 0.5) is 5.69 Å². The fourth-order valence-corrected chi connectivity index (χ4v) is 3.01. The van der Waals surface area contributed by atoms with Crippen LogP contribution in [0, 0.1) is 13.8 Å². The molecule has 2 heterocycles. The molecule has 1 amide bonds. The van der Waals surface area contributed by atoms with Crippen LogP contribution in [-0.2, 0) is 4.79 Å². The van der Waals surface area contributed by atoms with Crippen LogP contribution in [-0.4, -0.2) is 48.5 Å². The van der Waals surface area contributed by atoms with Gasteiger partial charge in [0.1, 0.15) is 0 Å². The molecule has 0 fully saturated rings. The number of carbonyl (C=O) groups is 1. The van der Waals surface area contributed by atoms with Crippen molar-refractivity contribution in [1.82, 2.24) is 14.9 Å². The fourth-order valence-electron chi connectivity index (χ4n) is 3.01. The second kappa shape index (κ2) is 7.72. The van der Waals surface area contributed by atoms with Gasteiger partial charge in [-0.25, -0.2) is 9.97 Å². The van der Waals surface area contributed by atoms with Gasteiger partial charge in [0.25, 0.3) is 0 Å². The first-order chi connectivity index (χ1) is 12.9. The number of fused-ring (bicyclic) bond motifs is 1. The minimum absolute atomic E-state index is 0.0466. The molecule has 0 saturated carbocycles. The molecule has 140 valence electrons. The zero-order chi connectivity index (χ0) is 19.6. The number of methoxy groups -OCH3 is 1. The smallest absolute Gasteiger partial charge is 0.238 e. The van der Waals surface area contributed by atoms with Crippen molar-refractivity contribution in [2.75, 3.05) is 33.1 Å². The van der Waals surface area contributed by atoms with Gasteiger partial charge in [0.15, 0.2) is 0 Å². The molecule has 6 heteroatoms. The molecule has 0 unspecified atom stereocenters. The average Bonchev–Trinajstić information content (AvgIpc) is 2.63. The number of ether oxygens (including phenoxy) is 1. The number of hydrogen-bond acceptors (Lipinski definition) is 5. The Labute approximate surface area is 159 Å². The highest BCUT2D eigenvalue weighted by Gasteiger charge is 2.12. The third-order valence-corrected chi connectivity index (χ3v) is 4.42. The van der Waals surface area contributed by atoms with Gasteiger partial charge >= 0.3 is 0 Å². The summed E-state index contributed by atoms with van der Waals surface area (Å²) in [6.45, 7) is 4.38. The molecule has 0 aliphatic rings. The molecule has 6 nitrogen and oxygen atoms in total. The van der Waals surface area contributed by atoms with Crippen molar-refractivity contribution in [1.29, 1.82) is 0 Å². The number of carbonyl (C=O) groups excluding carboxylic acids is 1. The van der Waals surface area contributed by atoms with Crippen molar-refractivity contribution in [2.24, 2.45) is 0 Å². The molecule has 0 aliphatic heterocycles. The van der Waals surface area contributed by atoms with Gasteiger partial charge in [-0.2, -0.15) is 0 Å². The van der Waals surface area contributed by atoms with Crippen LogP contribution >= 0.6 is 0 Å². The van der Waals surface area contributed by atoms with E-state index in [9.17, 15) is 4.79 Å². The summed E-state index contributed by atoms with van der Waals surface area (Å²) in [4.78, 5) is 23.1. The average molecular weight is 364 g/mol. The monoisotopic (exact) mass is 364 g/mol. The number of rotatable bonds is 5. The summed E-state index contributed by atoms with van der Waals surface area (Å²) in [5, 5.41) is 4.05. The maximum Gasteiger partial charge on any atom is 0.238 e. The molecule has 2 aromatic heterocycles. The first-order valence-corrected chi connectivity index (χ1v) is 8.75. The number of aryl methyl sites for hydroxylation is 2. The van der Waals surface area contributed by atoms with Crippen LogP contribution in [0.15, 0.2) is 36.5 Å². The largest absolute Gasteiger partial charge is 0.481 e. The minimum atomic E-state index is -0.0466. The molecule has 1 aromatic carbocycles. The fraction of sp³-hybridized carbons (Fsp3) is 0.286. The van der Waals surface area contributed by atoms with E-state index in [4.69, 9.17) is 9.72 Å². The molecule has 27 heavy (non-hydrogen) atoms. The van der Waals surface area contributed by atoms with Crippen LogP contribution < -0.4 is 10.1 Å². The first kappa shape index (κ1) is 18.8. The summed E-state index contributed by atoms with van der Waals surface area (Å²) in [7, 11) is 5.33. The Hall–Kier alpha value is -2.99. The summed E-state index contributed by atoms with van der Waals surface area (Å²) in [6, 6.07) is 9.76. The van der Waals surface area contributed by atoms with Gasteiger partial charge in [0.2, 0.25) is 11.8 Å². The van der Waals surface area contributed by atoms with Crippen molar-refractivity contribution in [3.8, 4) is 17.1 Å². The molecule has 1 N–H and O–H groups in total. The minimum Gasteiger partial charge on any atom is -0.481 e. The molecule has 0 radical (unpaired) electrons. The van der Waals surface area contributed by atoms with E-state index in [0.717, 1.165) is 39.0 Å². The summed E-state index contributed by atoms with van der Waals surface area (Å²) < 4.78 is 5.12. The molecular weight excluding hydrogens is 340 g/mol. The first-order valence-electron chi connectivity index (χ1n) is 8.75. The van der Waals surface area contributed by atoms with Crippen molar-refractivity contribution in [3.05, 3.63) is 47.7 Å². The van der Waals surface area contributed by atoms with E-state index in [2.05, 4.69) is 23.3 Å². The molecule has 0 atom stereocenters. The quantitative estimate of drug-likeness (QED) is 0.751. The lowest BCUT2D eigenvalue weighted by atomic mass is 10.0. The van der Waals surface area contributed by atoms with Gasteiger partial charge in [-0.3, -0.25) is 4.79 Å². The van der Waals surface area contributed by atoms with Gasteiger partial charge in [0.05, 0.1) is 24.9 Å². The summed E-state index contributed by atoms with van der Waals surface area (Å²) in [5.41, 5.74) is 5.50. The predicted molar refractivity (Wildman–Crippen MR) is 108 cm³/mol. The third kappa shape index (κ3) is 4.06. The molecule has 3 rings (SSSR count).